The van der Waals surface area contributed by atoms with Gasteiger partial charge in [-0.2, -0.15) is 5.26 Å². The molecule has 0 saturated heterocycles. The van der Waals surface area contributed by atoms with Crippen LogP contribution in [0.15, 0.2) is 0 Å². The molecule has 0 radical (unpaired) electrons. The van der Waals surface area contributed by atoms with Crippen LogP contribution >= 0.6 is 0 Å². The SMILES string of the molecule is N#CC(C1CCCCCC1)(C1CCCCCC1)C1CCCCCC1. The maximum Gasteiger partial charge on any atom is 0.0698 e. The first-order valence-electron chi connectivity index (χ1n) is 11.3. The van der Waals surface area contributed by atoms with Gasteiger partial charge in [-0.05, 0) is 56.3 Å². The third-order valence-electron chi connectivity index (χ3n) is 7.79. The third kappa shape index (κ3) is 4.00. The zero-order valence-electron chi connectivity index (χ0n) is 15.9. The highest BCUT2D eigenvalue weighted by atomic mass is 14.5. The first-order chi connectivity index (χ1) is 11.9. The quantitative estimate of drug-likeness (QED) is 0.494. The number of rotatable bonds is 3. The molecule has 0 aromatic heterocycles. The molecule has 0 amide bonds. The molecule has 136 valence electrons. The fourth-order valence-electron chi connectivity index (χ4n) is 6.54. The van der Waals surface area contributed by atoms with Crippen molar-refractivity contribution in [1.29, 1.82) is 5.26 Å². The van der Waals surface area contributed by atoms with E-state index in [0.29, 0.717) is 17.8 Å². The standard InChI is InChI=1S/C23H39N/c24-19-23(20-13-7-1-2-8-14-20,21-15-9-3-4-10-16-21)22-17-11-5-6-12-18-22/h20-22H,1-18H2. The molecule has 3 fully saturated rings. The minimum Gasteiger partial charge on any atom is -0.198 e. The van der Waals surface area contributed by atoms with Crippen LogP contribution in [0, 0.1) is 34.5 Å². The molecule has 0 aliphatic heterocycles. The summed E-state index contributed by atoms with van der Waals surface area (Å²) in [5.74, 6) is 2.11. The molecule has 0 unspecified atom stereocenters. The molecule has 0 aromatic rings. The van der Waals surface area contributed by atoms with E-state index in [-0.39, 0.29) is 5.41 Å². The van der Waals surface area contributed by atoms with Gasteiger partial charge in [0.1, 0.15) is 0 Å². The summed E-state index contributed by atoms with van der Waals surface area (Å²) < 4.78 is 0. The second kappa shape index (κ2) is 9.26. The summed E-state index contributed by atoms with van der Waals surface area (Å²) in [5, 5.41) is 10.7. The van der Waals surface area contributed by atoms with E-state index in [1.54, 1.807) is 0 Å². The number of nitriles is 1. The summed E-state index contributed by atoms with van der Waals surface area (Å²) >= 11 is 0. The molecule has 0 spiro atoms. The van der Waals surface area contributed by atoms with Crippen LogP contribution in [0.3, 0.4) is 0 Å². The Kier molecular flexibility index (Phi) is 7.06. The molecular formula is C23H39N. The Labute approximate surface area is 150 Å². The van der Waals surface area contributed by atoms with Crippen molar-refractivity contribution in [3.8, 4) is 6.07 Å². The zero-order chi connectivity index (χ0) is 16.7. The minimum atomic E-state index is 0.0268. The van der Waals surface area contributed by atoms with Gasteiger partial charge in [-0.3, -0.25) is 0 Å². The molecule has 3 aliphatic carbocycles. The topological polar surface area (TPSA) is 23.8 Å². The lowest BCUT2D eigenvalue weighted by Crippen LogP contribution is -2.43. The van der Waals surface area contributed by atoms with Crippen LogP contribution in [0.4, 0.5) is 0 Å². The monoisotopic (exact) mass is 329 g/mol. The lowest BCUT2D eigenvalue weighted by molar-refractivity contribution is 0.0324. The van der Waals surface area contributed by atoms with E-state index in [9.17, 15) is 5.26 Å². The average molecular weight is 330 g/mol. The van der Waals surface area contributed by atoms with Crippen molar-refractivity contribution in [3.05, 3.63) is 0 Å². The minimum absolute atomic E-state index is 0.0268. The largest absolute Gasteiger partial charge is 0.198 e. The van der Waals surface area contributed by atoms with Crippen LogP contribution in [0.1, 0.15) is 116 Å². The van der Waals surface area contributed by atoms with Crippen LogP contribution in [-0.2, 0) is 0 Å². The Morgan fingerprint density at radius 2 is 0.708 bits per heavy atom. The van der Waals surface area contributed by atoms with Crippen LogP contribution in [-0.4, -0.2) is 0 Å². The molecular weight excluding hydrogens is 290 g/mol. The number of hydrogen-bond acceptors (Lipinski definition) is 1. The maximum absolute atomic E-state index is 10.7. The van der Waals surface area contributed by atoms with Gasteiger partial charge in [0.05, 0.1) is 11.5 Å². The number of hydrogen-bond donors (Lipinski definition) is 0. The van der Waals surface area contributed by atoms with Crippen molar-refractivity contribution in [3.63, 3.8) is 0 Å². The highest BCUT2D eigenvalue weighted by Crippen LogP contribution is 2.55. The van der Waals surface area contributed by atoms with E-state index in [0.717, 1.165) is 0 Å². The first-order valence-corrected chi connectivity index (χ1v) is 11.3. The van der Waals surface area contributed by atoms with Crippen molar-refractivity contribution in [2.75, 3.05) is 0 Å². The summed E-state index contributed by atoms with van der Waals surface area (Å²) in [7, 11) is 0. The molecule has 24 heavy (non-hydrogen) atoms. The molecule has 0 atom stereocenters. The normalized spacial score (nSPS) is 27.0. The second-order valence-electron chi connectivity index (χ2n) is 9.11. The van der Waals surface area contributed by atoms with Gasteiger partial charge in [-0.25, -0.2) is 0 Å². The highest BCUT2D eigenvalue weighted by Gasteiger charge is 2.50. The smallest absolute Gasteiger partial charge is 0.0698 e. The van der Waals surface area contributed by atoms with Gasteiger partial charge in [0.2, 0.25) is 0 Å². The lowest BCUT2D eigenvalue weighted by Gasteiger charge is -2.47. The molecule has 0 bridgehead atoms. The Hall–Kier alpha value is -0.510. The molecule has 0 aromatic carbocycles. The van der Waals surface area contributed by atoms with E-state index in [4.69, 9.17) is 0 Å². The maximum atomic E-state index is 10.7. The van der Waals surface area contributed by atoms with Crippen LogP contribution < -0.4 is 0 Å². The van der Waals surface area contributed by atoms with Gasteiger partial charge >= 0.3 is 0 Å². The Balaban J connectivity index is 1.91. The van der Waals surface area contributed by atoms with Crippen LogP contribution in [0.5, 0.6) is 0 Å². The van der Waals surface area contributed by atoms with Gasteiger partial charge in [0.25, 0.3) is 0 Å². The van der Waals surface area contributed by atoms with E-state index < -0.39 is 0 Å². The molecule has 3 aliphatic rings. The van der Waals surface area contributed by atoms with Gasteiger partial charge in [0, 0.05) is 0 Å². The van der Waals surface area contributed by atoms with Gasteiger partial charge in [-0.15, -0.1) is 0 Å². The summed E-state index contributed by atoms with van der Waals surface area (Å²) in [6, 6.07) is 3.11. The Morgan fingerprint density at radius 3 is 0.917 bits per heavy atom. The molecule has 0 heterocycles. The van der Waals surface area contributed by atoms with Crippen molar-refractivity contribution >= 4 is 0 Å². The van der Waals surface area contributed by atoms with E-state index >= 15 is 0 Å². The zero-order valence-corrected chi connectivity index (χ0v) is 15.9. The van der Waals surface area contributed by atoms with Crippen molar-refractivity contribution in [2.45, 2.75) is 116 Å². The third-order valence-corrected chi connectivity index (χ3v) is 7.79. The predicted molar refractivity (Wildman–Crippen MR) is 102 cm³/mol. The summed E-state index contributed by atoms with van der Waals surface area (Å²) in [6.07, 6.45) is 24.8. The fourth-order valence-corrected chi connectivity index (χ4v) is 6.54. The summed E-state index contributed by atoms with van der Waals surface area (Å²) in [5.41, 5.74) is 0.0268. The van der Waals surface area contributed by atoms with Gasteiger partial charge in [-0.1, -0.05) is 77.0 Å². The van der Waals surface area contributed by atoms with E-state index in [1.807, 2.05) is 0 Å². The summed E-state index contributed by atoms with van der Waals surface area (Å²) in [4.78, 5) is 0. The number of nitrogens with zero attached hydrogens (tertiary/aromatic N) is 1. The van der Waals surface area contributed by atoms with E-state index in [2.05, 4.69) is 6.07 Å². The van der Waals surface area contributed by atoms with Crippen molar-refractivity contribution in [1.82, 2.24) is 0 Å². The molecule has 3 saturated carbocycles. The fraction of sp³-hybridized carbons (Fsp3) is 0.957. The van der Waals surface area contributed by atoms with Gasteiger partial charge < -0.3 is 0 Å². The average Bonchev–Trinajstić information content (AvgIpc) is 3.13. The second-order valence-corrected chi connectivity index (χ2v) is 9.11. The van der Waals surface area contributed by atoms with Gasteiger partial charge in [0.15, 0.2) is 0 Å². The molecule has 1 heteroatoms. The molecule has 1 nitrogen and oxygen atoms in total. The lowest BCUT2D eigenvalue weighted by atomic mass is 9.55. The Bertz CT molecular complexity index is 332. The molecule has 0 N–H and O–H groups in total. The van der Waals surface area contributed by atoms with Crippen molar-refractivity contribution < 1.29 is 0 Å². The van der Waals surface area contributed by atoms with Crippen molar-refractivity contribution in [2.24, 2.45) is 23.2 Å². The van der Waals surface area contributed by atoms with Crippen LogP contribution in [0.25, 0.3) is 0 Å². The summed E-state index contributed by atoms with van der Waals surface area (Å²) in [6.45, 7) is 0. The van der Waals surface area contributed by atoms with E-state index in [1.165, 1.54) is 116 Å². The first kappa shape index (κ1) is 18.3. The molecule has 3 rings (SSSR count). The highest BCUT2D eigenvalue weighted by molar-refractivity contribution is 5.11. The Morgan fingerprint density at radius 1 is 0.458 bits per heavy atom. The predicted octanol–water partition coefficient (Wildman–Crippen LogP) is 7.41. The van der Waals surface area contributed by atoms with Crippen LogP contribution in [0.2, 0.25) is 0 Å².